The minimum absolute atomic E-state index is 0.297. The average Bonchev–Trinajstić information content (AvgIpc) is 2.33. The third kappa shape index (κ3) is 2.89. The number of aromatic nitrogens is 1. The Balaban J connectivity index is 2.52. The number of hydrogen-bond acceptors (Lipinski definition) is 4. The fraction of sp³-hybridized carbons (Fsp3) is 0.214. The van der Waals surface area contributed by atoms with Crippen LogP contribution in [0, 0.1) is 19.7 Å². The zero-order valence-electron chi connectivity index (χ0n) is 10.9. The summed E-state index contributed by atoms with van der Waals surface area (Å²) in [6.07, 6.45) is 1.68. The van der Waals surface area contributed by atoms with Crippen molar-refractivity contribution in [2.75, 3.05) is 5.73 Å². The Morgan fingerprint density at radius 3 is 2.53 bits per heavy atom. The van der Waals surface area contributed by atoms with Crippen molar-refractivity contribution in [1.29, 1.82) is 0 Å². The molecule has 0 spiro atoms. The fourth-order valence-corrected chi connectivity index (χ4v) is 2.13. The highest BCUT2D eigenvalue weighted by molar-refractivity contribution is 5.47. The van der Waals surface area contributed by atoms with Crippen LogP contribution in [0.3, 0.4) is 0 Å². The van der Waals surface area contributed by atoms with E-state index in [9.17, 15) is 4.39 Å². The van der Waals surface area contributed by atoms with E-state index in [0.717, 1.165) is 22.3 Å². The van der Waals surface area contributed by atoms with E-state index in [1.807, 2.05) is 26.0 Å². The number of benzene rings is 1. The van der Waals surface area contributed by atoms with Crippen molar-refractivity contribution in [3.05, 3.63) is 58.5 Å². The van der Waals surface area contributed by atoms with E-state index in [2.05, 4.69) is 10.4 Å². The molecule has 0 aliphatic rings. The number of nitrogens with one attached hydrogen (secondary N) is 1. The van der Waals surface area contributed by atoms with Gasteiger partial charge >= 0.3 is 0 Å². The van der Waals surface area contributed by atoms with E-state index in [0.29, 0.717) is 5.82 Å². The molecule has 1 atom stereocenters. The predicted molar refractivity (Wildman–Crippen MR) is 73.7 cm³/mol. The first-order chi connectivity index (χ1) is 9.01. The van der Waals surface area contributed by atoms with Gasteiger partial charge in [-0.3, -0.25) is 5.84 Å². The number of nitrogens with two attached hydrogens (primary N) is 2. The second-order valence-corrected chi connectivity index (χ2v) is 4.65. The van der Waals surface area contributed by atoms with Crippen LogP contribution in [-0.4, -0.2) is 4.98 Å². The summed E-state index contributed by atoms with van der Waals surface area (Å²) in [7, 11) is 0. The predicted octanol–water partition coefficient (Wildman–Crippen LogP) is 1.97. The van der Waals surface area contributed by atoms with Crippen LogP contribution in [0.4, 0.5) is 10.2 Å². The molecule has 2 rings (SSSR count). The molecule has 0 amide bonds. The molecule has 1 aromatic heterocycles. The van der Waals surface area contributed by atoms with Gasteiger partial charge in [0.05, 0.1) is 6.04 Å². The highest BCUT2D eigenvalue weighted by Gasteiger charge is 2.17. The number of nitrogen functional groups attached to an aromatic ring is 1. The first kappa shape index (κ1) is 13.5. The number of pyridine rings is 1. The van der Waals surface area contributed by atoms with Crippen LogP contribution in [0.15, 0.2) is 30.5 Å². The van der Waals surface area contributed by atoms with Gasteiger partial charge in [0.2, 0.25) is 0 Å². The van der Waals surface area contributed by atoms with E-state index < -0.39 is 0 Å². The number of anilines is 1. The molecule has 4 nitrogen and oxygen atoms in total. The van der Waals surface area contributed by atoms with Crippen LogP contribution >= 0.6 is 0 Å². The van der Waals surface area contributed by atoms with E-state index in [-0.39, 0.29) is 11.9 Å². The van der Waals surface area contributed by atoms with Gasteiger partial charge in [-0.2, -0.15) is 0 Å². The molecule has 0 aliphatic heterocycles. The molecular weight excluding hydrogens is 243 g/mol. The Labute approximate surface area is 111 Å². The summed E-state index contributed by atoms with van der Waals surface area (Å²) in [5, 5.41) is 0. The lowest BCUT2D eigenvalue weighted by atomic mass is 9.97. The zero-order chi connectivity index (χ0) is 14.0. The molecular formula is C14H17FN4. The number of hydrazine groups is 1. The Bertz CT molecular complexity index is 578. The van der Waals surface area contributed by atoms with Gasteiger partial charge in [0.1, 0.15) is 11.6 Å². The summed E-state index contributed by atoms with van der Waals surface area (Å²) in [6, 6.07) is 6.29. The van der Waals surface area contributed by atoms with Crippen molar-refractivity contribution >= 4 is 5.82 Å². The lowest BCUT2D eigenvalue weighted by molar-refractivity contribution is 0.603. The zero-order valence-corrected chi connectivity index (χ0v) is 10.9. The molecule has 5 N–H and O–H groups in total. The van der Waals surface area contributed by atoms with Gasteiger partial charge in [-0.1, -0.05) is 6.07 Å². The summed E-state index contributed by atoms with van der Waals surface area (Å²) >= 11 is 0. The van der Waals surface area contributed by atoms with E-state index in [4.69, 9.17) is 11.6 Å². The van der Waals surface area contributed by atoms with E-state index in [1.54, 1.807) is 6.20 Å². The van der Waals surface area contributed by atoms with Crippen LogP contribution in [0.5, 0.6) is 0 Å². The highest BCUT2D eigenvalue weighted by Crippen LogP contribution is 2.26. The Morgan fingerprint density at radius 1 is 1.16 bits per heavy atom. The second kappa shape index (κ2) is 5.34. The molecule has 100 valence electrons. The van der Waals surface area contributed by atoms with Gasteiger partial charge < -0.3 is 5.73 Å². The first-order valence-electron chi connectivity index (χ1n) is 5.96. The summed E-state index contributed by atoms with van der Waals surface area (Å²) < 4.78 is 13.5. The van der Waals surface area contributed by atoms with Gasteiger partial charge in [0.25, 0.3) is 0 Å². The van der Waals surface area contributed by atoms with Crippen LogP contribution < -0.4 is 17.0 Å². The Kier molecular flexibility index (Phi) is 3.78. The van der Waals surface area contributed by atoms with Crippen LogP contribution in [0.2, 0.25) is 0 Å². The fourth-order valence-electron chi connectivity index (χ4n) is 2.13. The number of hydrogen-bond donors (Lipinski definition) is 3. The smallest absolute Gasteiger partial charge is 0.128 e. The van der Waals surface area contributed by atoms with Crippen molar-refractivity contribution < 1.29 is 4.39 Å². The maximum atomic E-state index is 13.5. The average molecular weight is 260 g/mol. The van der Waals surface area contributed by atoms with Crippen LogP contribution in [0.25, 0.3) is 0 Å². The quantitative estimate of drug-likeness (QED) is 0.582. The summed E-state index contributed by atoms with van der Waals surface area (Å²) in [5.74, 6) is 5.69. The minimum atomic E-state index is -0.387. The summed E-state index contributed by atoms with van der Waals surface area (Å²) in [5.41, 5.74) is 11.8. The topological polar surface area (TPSA) is 77.0 Å². The third-order valence-corrected chi connectivity index (χ3v) is 2.96. The largest absolute Gasteiger partial charge is 0.383 e. The maximum absolute atomic E-state index is 13.5. The van der Waals surface area contributed by atoms with Crippen molar-refractivity contribution in [3.63, 3.8) is 0 Å². The SMILES string of the molecule is Cc1cc(F)cc(C(NN)c2cc(C)cnc2N)c1. The molecule has 19 heavy (non-hydrogen) atoms. The highest BCUT2D eigenvalue weighted by atomic mass is 19.1. The minimum Gasteiger partial charge on any atom is -0.383 e. The summed E-state index contributed by atoms with van der Waals surface area (Å²) in [4.78, 5) is 4.11. The first-order valence-corrected chi connectivity index (χ1v) is 5.96. The van der Waals surface area contributed by atoms with Crippen molar-refractivity contribution in [1.82, 2.24) is 10.4 Å². The van der Waals surface area contributed by atoms with Crippen molar-refractivity contribution in [2.45, 2.75) is 19.9 Å². The normalized spacial score (nSPS) is 12.4. The standard InChI is InChI=1S/C14H17FN4/c1-8-3-10(6-11(15)4-8)13(19-17)12-5-9(2)7-18-14(12)16/h3-7,13,19H,17H2,1-2H3,(H2,16,18). The van der Waals surface area contributed by atoms with Gasteiger partial charge in [-0.05, 0) is 48.7 Å². The lowest BCUT2D eigenvalue weighted by Gasteiger charge is -2.19. The molecule has 1 heterocycles. The molecule has 0 saturated heterocycles. The Hall–Kier alpha value is -1.98. The molecule has 0 saturated carbocycles. The van der Waals surface area contributed by atoms with Crippen LogP contribution in [-0.2, 0) is 0 Å². The number of aryl methyl sites for hydroxylation is 2. The number of nitrogens with zero attached hydrogens (tertiary/aromatic N) is 1. The van der Waals surface area contributed by atoms with Gasteiger partial charge in [0.15, 0.2) is 0 Å². The monoisotopic (exact) mass is 260 g/mol. The molecule has 5 heteroatoms. The molecule has 1 aromatic carbocycles. The molecule has 1 unspecified atom stereocenters. The van der Waals surface area contributed by atoms with E-state index in [1.165, 1.54) is 12.1 Å². The molecule has 0 bridgehead atoms. The molecule has 2 aromatic rings. The summed E-state index contributed by atoms with van der Waals surface area (Å²) in [6.45, 7) is 3.75. The van der Waals surface area contributed by atoms with Crippen molar-refractivity contribution in [2.24, 2.45) is 5.84 Å². The molecule has 0 fully saturated rings. The lowest BCUT2D eigenvalue weighted by Crippen LogP contribution is -2.30. The van der Waals surface area contributed by atoms with E-state index >= 15 is 0 Å². The Morgan fingerprint density at radius 2 is 1.89 bits per heavy atom. The third-order valence-electron chi connectivity index (χ3n) is 2.96. The van der Waals surface area contributed by atoms with Crippen LogP contribution in [0.1, 0.15) is 28.3 Å². The van der Waals surface area contributed by atoms with Crippen molar-refractivity contribution in [3.8, 4) is 0 Å². The number of halogens is 1. The van der Waals surface area contributed by atoms with Gasteiger partial charge in [-0.15, -0.1) is 0 Å². The maximum Gasteiger partial charge on any atom is 0.128 e. The second-order valence-electron chi connectivity index (χ2n) is 4.65. The van der Waals surface area contributed by atoms with Gasteiger partial charge in [0, 0.05) is 11.8 Å². The van der Waals surface area contributed by atoms with Gasteiger partial charge in [-0.25, -0.2) is 14.8 Å². The molecule has 0 radical (unpaired) electrons. The number of rotatable bonds is 3. The molecule has 0 aliphatic carbocycles.